The zero-order valence-electron chi connectivity index (χ0n) is 8.23. The molecular formula is C9H7BrCl2N4. The molecule has 0 saturated carbocycles. The molecule has 0 aliphatic heterocycles. The summed E-state index contributed by atoms with van der Waals surface area (Å²) in [6.07, 6.45) is 0. The SMILES string of the molecule is CC(Cl)c1nnnn1-c1ccc(Cl)c(Br)c1. The number of alkyl halides is 1. The average Bonchev–Trinajstić information content (AvgIpc) is 2.71. The minimum Gasteiger partial charge on any atom is -0.196 e. The van der Waals surface area contributed by atoms with E-state index < -0.39 is 0 Å². The molecule has 0 fully saturated rings. The van der Waals surface area contributed by atoms with Crippen LogP contribution < -0.4 is 0 Å². The number of rotatable bonds is 2. The molecule has 1 unspecified atom stereocenters. The zero-order valence-corrected chi connectivity index (χ0v) is 11.3. The summed E-state index contributed by atoms with van der Waals surface area (Å²) in [5.41, 5.74) is 0.809. The Labute approximate surface area is 111 Å². The minimum atomic E-state index is -0.260. The topological polar surface area (TPSA) is 43.6 Å². The van der Waals surface area contributed by atoms with Gasteiger partial charge < -0.3 is 0 Å². The number of aromatic nitrogens is 4. The molecule has 1 heterocycles. The molecule has 1 atom stereocenters. The standard InChI is InChI=1S/C9H7BrCl2N4/c1-5(11)9-13-14-15-16(9)6-2-3-8(12)7(10)4-6/h2-5H,1H3. The van der Waals surface area contributed by atoms with Gasteiger partial charge in [0.1, 0.15) is 0 Å². The third-order valence-corrected chi connectivity index (χ3v) is 3.41. The van der Waals surface area contributed by atoms with Crippen LogP contribution in [0.4, 0.5) is 0 Å². The van der Waals surface area contributed by atoms with Gasteiger partial charge >= 0.3 is 0 Å². The van der Waals surface area contributed by atoms with Crippen molar-refractivity contribution in [1.29, 1.82) is 0 Å². The lowest BCUT2D eigenvalue weighted by atomic mass is 10.3. The van der Waals surface area contributed by atoms with E-state index in [1.165, 1.54) is 0 Å². The second kappa shape index (κ2) is 4.69. The summed E-state index contributed by atoms with van der Waals surface area (Å²) in [6, 6.07) is 5.43. The first kappa shape index (κ1) is 11.8. The molecule has 0 aliphatic carbocycles. The number of nitrogens with zero attached hydrogens (tertiary/aromatic N) is 4. The molecule has 0 spiro atoms. The van der Waals surface area contributed by atoms with Crippen molar-refractivity contribution < 1.29 is 0 Å². The van der Waals surface area contributed by atoms with Gasteiger partial charge in [-0.25, -0.2) is 0 Å². The van der Waals surface area contributed by atoms with Gasteiger partial charge in [0, 0.05) is 4.47 Å². The first-order valence-electron chi connectivity index (χ1n) is 4.47. The van der Waals surface area contributed by atoms with Gasteiger partial charge in [-0.1, -0.05) is 11.6 Å². The smallest absolute Gasteiger partial charge is 0.174 e. The number of tetrazole rings is 1. The highest BCUT2D eigenvalue weighted by molar-refractivity contribution is 9.10. The number of benzene rings is 1. The van der Waals surface area contributed by atoms with Gasteiger partial charge in [-0.2, -0.15) is 4.68 Å². The zero-order chi connectivity index (χ0) is 11.7. The van der Waals surface area contributed by atoms with Gasteiger partial charge in [0.2, 0.25) is 0 Å². The average molecular weight is 322 g/mol. The molecule has 0 N–H and O–H groups in total. The summed E-state index contributed by atoms with van der Waals surface area (Å²) < 4.78 is 2.37. The van der Waals surface area contributed by atoms with E-state index in [4.69, 9.17) is 23.2 Å². The van der Waals surface area contributed by atoms with Crippen molar-refractivity contribution in [1.82, 2.24) is 20.2 Å². The van der Waals surface area contributed by atoms with E-state index in [2.05, 4.69) is 31.5 Å². The van der Waals surface area contributed by atoms with Crippen LogP contribution in [0.5, 0.6) is 0 Å². The van der Waals surface area contributed by atoms with E-state index in [1.807, 2.05) is 19.1 Å². The Morgan fingerprint density at radius 1 is 1.44 bits per heavy atom. The Morgan fingerprint density at radius 3 is 2.81 bits per heavy atom. The minimum absolute atomic E-state index is 0.260. The van der Waals surface area contributed by atoms with E-state index in [1.54, 1.807) is 10.7 Å². The third kappa shape index (κ3) is 2.21. The molecule has 1 aromatic heterocycles. The van der Waals surface area contributed by atoms with Crippen molar-refractivity contribution in [3.05, 3.63) is 33.5 Å². The van der Waals surface area contributed by atoms with Gasteiger partial charge in [0.05, 0.1) is 16.1 Å². The summed E-state index contributed by atoms with van der Waals surface area (Å²) in [5, 5.41) is 11.7. The molecule has 16 heavy (non-hydrogen) atoms. The number of hydrogen-bond acceptors (Lipinski definition) is 3. The first-order valence-corrected chi connectivity index (χ1v) is 6.08. The lowest BCUT2D eigenvalue weighted by Crippen LogP contribution is -2.03. The van der Waals surface area contributed by atoms with Crippen molar-refractivity contribution in [2.75, 3.05) is 0 Å². The Balaban J connectivity index is 2.50. The quantitative estimate of drug-likeness (QED) is 0.796. The highest BCUT2D eigenvalue weighted by Crippen LogP contribution is 2.26. The fourth-order valence-electron chi connectivity index (χ4n) is 1.24. The van der Waals surface area contributed by atoms with Crippen molar-refractivity contribution in [2.45, 2.75) is 12.3 Å². The fraction of sp³-hybridized carbons (Fsp3) is 0.222. The predicted octanol–water partition coefficient (Wildman–Crippen LogP) is 3.38. The van der Waals surface area contributed by atoms with Crippen molar-refractivity contribution in [2.24, 2.45) is 0 Å². The maximum absolute atomic E-state index is 5.97. The second-order valence-corrected chi connectivity index (χ2v) is 5.08. The molecule has 0 aliphatic rings. The molecular weight excluding hydrogens is 315 g/mol. The van der Waals surface area contributed by atoms with Crippen LogP contribution in [0.15, 0.2) is 22.7 Å². The highest BCUT2D eigenvalue weighted by atomic mass is 79.9. The molecule has 0 radical (unpaired) electrons. The second-order valence-electron chi connectivity index (χ2n) is 3.16. The van der Waals surface area contributed by atoms with Crippen LogP contribution in [0.1, 0.15) is 18.1 Å². The van der Waals surface area contributed by atoms with Crippen LogP contribution in [0, 0.1) is 0 Å². The van der Waals surface area contributed by atoms with Gasteiger partial charge in [-0.3, -0.25) is 0 Å². The summed E-state index contributed by atoms with van der Waals surface area (Å²) >= 11 is 15.2. The van der Waals surface area contributed by atoms with Crippen LogP contribution >= 0.6 is 39.1 Å². The van der Waals surface area contributed by atoms with Crippen molar-refractivity contribution >= 4 is 39.1 Å². The molecule has 0 bridgehead atoms. The van der Waals surface area contributed by atoms with E-state index >= 15 is 0 Å². The van der Waals surface area contributed by atoms with Gasteiger partial charge in [0.25, 0.3) is 0 Å². The molecule has 2 aromatic rings. The van der Waals surface area contributed by atoms with E-state index in [-0.39, 0.29) is 5.38 Å². The largest absolute Gasteiger partial charge is 0.196 e. The first-order chi connectivity index (χ1) is 7.59. The van der Waals surface area contributed by atoms with E-state index in [0.29, 0.717) is 10.8 Å². The summed E-state index contributed by atoms with van der Waals surface area (Å²) in [7, 11) is 0. The Bertz CT molecular complexity index is 512. The van der Waals surface area contributed by atoms with Gasteiger partial charge in [-0.15, -0.1) is 16.7 Å². The lowest BCUT2D eigenvalue weighted by Gasteiger charge is -2.06. The molecule has 2 rings (SSSR count). The van der Waals surface area contributed by atoms with E-state index in [0.717, 1.165) is 10.2 Å². The number of halogens is 3. The summed E-state index contributed by atoms with van der Waals surface area (Å²) in [4.78, 5) is 0. The summed E-state index contributed by atoms with van der Waals surface area (Å²) in [6.45, 7) is 1.81. The van der Waals surface area contributed by atoms with Crippen LogP contribution in [0.25, 0.3) is 5.69 Å². The maximum Gasteiger partial charge on any atom is 0.174 e. The Morgan fingerprint density at radius 2 is 2.19 bits per heavy atom. The van der Waals surface area contributed by atoms with Gasteiger partial charge in [-0.05, 0) is 51.5 Å². The van der Waals surface area contributed by atoms with Crippen molar-refractivity contribution in [3.63, 3.8) is 0 Å². The number of hydrogen-bond donors (Lipinski definition) is 0. The van der Waals surface area contributed by atoms with Crippen LogP contribution in [0.3, 0.4) is 0 Å². The molecule has 0 amide bonds. The lowest BCUT2D eigenvalue weighted by molar-refractivity contribution is 0.760. The van der Waals surface area contributed by atoms with Gasteiger partial charge in [0.15, 0.2) is 5.82 Å². The Kier molecular flexibility index (Phi) is 3.47. The summed E-state index contributed by atoms with van der Waals surface area (Å²) in [5.74, 6) is 0.593. The predicted molar refractivity (Wildman–Crippen MR) is 66.1 cm³/mol. The molecule has 1 aromatic carbocycles. The van der Waals surface area contributed by atoms with Crippen LogP contribution in [-0.2, 0) is 0 Å². The monoisotopic (exact) mass is 320 g/mol. The van der Waals surface area contributed by atoms with Crippen molar-refractivity contribution in [3.8, 4) is 5.69 Å². The van der Waals surface area contributed by atoms with E-state index in [9.17, 15) is 0 Å². The molecule has 7 heteroatoms. The molecule has 84 valence electrons. The van der Waals surface area contributed by atoms with Crippen LogP contribution in [0.2, 0.25) is 5.02 Å². The molecule has 0 saturated heterocycles. The Hall–Kier alpha value is -0.650. The fourth-order valence-corrected chi connectivity index (χ4v) is 1.86. The normalized spacial score (nSPS) is 12.8. The third-order valence-electron chi connectivity index (χ3n) is 2.00. The molecule has 4 nitrogen and oxygen atoms in total. The van der Waals surface area contributed by atoms with Crippen LogP contribution in [-0.4, -0.2) is 20.2 Å². The highest BCUT2D eigenvalue weighted by Gasteiger charge is 2.13. The maximum atomic E-state index is 5.97.